The Morgan fingerprint density at radius 2 is 2.15 bits per heavy atom. The van der Waals surface area contributed by atoms with Crippen LogP contribution >= 0.6 is 0 Å². The molecule has 0 aliphatic carbocycles. The lowest BCUT2D eigenvalue weighted by Gasteiger charge is -2.20. The quantitative estimate of drug-likeness (QED) is 0.751. The molecular formula is C16H26N4. The van der Waals surface area contributed by atoms with Gasteiger partial charge in [0.15, 0.2) is 0 Å². The highest BCUT2D eigenvalue weighted by molar-refractivity contribution is 5.53. The predicted molar refractivity (Wildman–Crippen MR) is 83.9 cm³/mol. The zero-order chi connectivity index (χ0) is 14.4. The van der Waals surface area contributed by atoms with E-state index in [1.54, 1.807) is 0 Å². The molecule has 0 atom stereocenters. The predicted octanol–water partition coefficient (Wildman–Crippen LogP) is 2.54. The Bertz CT molecular complexity index is 518. The summed E-state index contributed by atoms with van der Waals surface area (Å²) >= 11 is 0. The molecule has 0 aliphatic rings. The molecule has 2 aromatic heterocycles. The first kappa shape index (κ1) is 15.0. The fraction of sp³-hybridized carbons (Fsp3) is 0.562. The monoisotopic (exact) mass is 274 g/mol. The van der Waals surface area contributed by atoms with Crippen molar-refractivity contribution in [3.8, 4) is 0 Å². The molecule has 0 aromatic carbocycles. The normalized spacial score (nSPS) is 11.8. The van der Waals surface area contributed by atoms with Crippen molar-refractivity contribution < 1.29 is 0 Å². The molecule has 2 rings (SSSR count). The molecule has 0 fully saturated rings. The van der Waals surface area contributed by atoms with Crippen LogP contribution < -0.4 is 5.32 Å². The van der Waals surface area contributed by atoms with Crippen LogP contribution in [0.25, 0.3) is 5.52 Å². The SMILES string of the molecule is CC(C)N(C)CCCCNCc1cnn2ccccc12. The zero-order valence-electron chi connectivity index (χ0n) is 12.8. The van der Waals surface area contributed by atoms with Gasteiger partial charge in [0, 0.05) is 24.3 Å². The standard InChI is InChI=1S/C16H26N4/c1-14(2)19(3)10-7-5-9-17-12-15-13-18-20-11-6-4-8-16(15)20/h4,6,8,11,13-14,17H,5,7,9-10,12H2,1-3H3. The van der Waals surface area contributed by atoms with Crippen molar-refractivity contribution in [2.45, 2.75) is 39.3 Å². The van der Waals surface area contributed by atoms with Crippen LogP contribution in [0.5, 0.6) is 0 Å². The number of aromatic nitrogens is 2. The van der Waals surface area contributed by atoms with Crippen LogP contribution in [-0.2, 0) is 6.54 Å². The molecule has 20 heavy (non-hydrogen) atoms. The molecule has 2 aromatic rings. The third kappa shape index (κ3) is 4.05. The number of nitrogens with zero attached hydrogens (tertiary/aromatic N) is 3. The molecule has 2 heterocycles. The van der Waals surface area contributed by atoms with Crippen molar-refractivity contribution in [3.05, 3.63) is 36.2 Å². The molecular weight excluding hydrogens is 248 g/mol. The molecule has 0 aliphatic heterocycles. The number of pyridine rings is 1. The van der Waals surface area contributed by atoms with E-state index in [1.807, 2.05) is 23.0 Å². The van der Waals surface area contributed by atoms with Gasteiger partial charge in [0.25, 0.3) is 0 Å². The lowest BCUT2D eigenvalue weighted by Crippen LogP contribution is -2.27. The minimum atomic E-state index is 0.641. The van der Waals surface area contributed by atoms with E-state index in [-0.39, 0.29) is 0 Å². The summed E-state index contributed by atoms with van der Waals surface area (Å²) in [5.41, 5.74) is 2.46. The Labute approximate surface area is 121 Å². The van der Waals surface area contributed by atoms with Crippen molar-refractivity contribution in [1.82, 2.24) is 19.8 Å². The van der Waals surface area contributed by atoms with Gasteiger partial charge in [-0.2, -0.15) is 5.10 Å². The van der Waals surface area contributed by atoms with E-state index in [0.717, 1.165) is 13.1 Å². The molecule has 0 saturated carbocycles. The Morgan fingerprint density at radius 3 is 2.95 bits per heavy atom. The maximum atomic E-state index is 4.35. The Hall–Kier alpha value is -1.39. The van der Waals surface area contributed by atoms with Crippen LogP contribution in [-0.4, -0.2) is 40.7 Å². The lowest BCUT2D eigenvalue weighted by molar-refractivity contribution is 0.268. The summed E-state index contributed by atoms with van der Waals surface area (Å²) in [7, 11) is 2.19. The van der Waals surface area contributed by atoms with Gasteiger partial charge in [-0.05, 0) is 59.0 Å². The van der Waals surface area contributed by atoms with Crippen LogP contribution in [0, 0.1) is 0 Å². The van der Waals surface area contributed by atoms with Gasteiger partial charge in [-0.15, -0.1) is 0 Å². The summed E-state index contributed by atoms with van der Waals surface area (Å²) in [6, 6.07) is 6.81. The number of rotatable bonds is 8. The van der Waals surface area contributed by atoms with E-state index >= 15 is 0 Å². The molecule has 0 bridgehead atoms. The van der Waals surface area contributed by atoms with E-state index in [1.165, 1.54) is 30.5 Å². The number of fused-ring (bicyclic) bond motifs is 1. The van der Waals surface area contributed by atoms with Crippen LogP contribution in [0.3, 0.4) is 0 Å². The fourth-order valence-electron chi connectivity index (χ4n) is 2.22. The topological polar surface area (TPSA) is 32.6 Å². The Kier molecular flexibility index (Phi) is 5.56. The van der Waals surface area contributed by atoms with Crippen LogP contribution in [0.15, 0.2) is 30.6 Å². The van der Waals surface area contributed by atoms with E-state index in [4.69, 9.17) is 0 Å². The second-order valence-electron chi connectivity index (χ2n) is 5.66. The van der Waals surface area contributed by atoms with Crippen molar-refractivity contribution in [2.75, 3.05) is 20.1 Å². The molecule has 0 amide bonds. The van der Waals surface area contributed by atoms with Crippen LogP contribution in [0.2, 0.25) is 0 Å². The van der Waals surface area contributed by atoms with Gasteiger partial charge in [0.2, 0.25) is 0 Å². The first-order valence-corrected chi connectivity index (χ1v) is 7.50. The maximum absolute atomic E-state index is 4.35. The third-order valence-corrected chi connectivity index (χ3v) is 3.82. The highest BCUT2D eigenvalue weighted by Crippen LogP contribution is 2.09. The third-order valence-electron chi connectivity index (χ3n) is 3.82. The Balaban J connectivity index is 1.66. The van der Waals surface area contributed by atoms with E-state index in [2.05, 4.69) is 48.3 Å². The van der Waals surface area contributed by atoms with Gasteiger partial charge >= 0.3 is 0 Å². The van der Waals surface area contributed by atoms with Crippen LogP contribution in [0.4, 0.5) is 0 Å². The van der Waals surface area contributed by atoms with Gasteiger partial charge in [-0.1, -0.05) is 6.07 Å². The number of nitrogens with one attached hydrogen (secondary N) is 1. The van der Waals surface area contributed by atoms with Gasteiger partial charge in [0.1, 0.15) is 0 Å². The van der Waals surface area contributed by atoms with Crippen LogP contribution in [0.1, 0.15) is 32.3 Å². The van der Waals surface area contributed by atoms with Gasteiger partial charge in [0.05, 0.1) is 11.7 Å². The molecule has 110 valence electrons. The molecule has 0 saturated heterocycles. The molecule has 0 spiro atoms. The summed E-state index contributed by atoms with van der Waals surface area (Å²) in [6.07, 6.45) is 6.40. The highest BCUT2D eigenvalue weighted by atomic mass is 15.2. The largest absolute Gasteiger partial charge is 0.313 e. The Morgan fingerprint density at radius 1 is 1.30 bits per heavy atom. The average Bonchev–Trinajstić information content (AvgIpc) is 2.85. The highest BCUT2D eigenvalue weighted by Gasteiger charge is 2.03. The summed E-state index contributed by atoms with van der Waals surface area (Å²) in [5.74, 6) is 0. The summed E-state index contributed by atoms with van der Waals surface area (Å²) in [5, 5.41) is 7.86. The average molecular weight is 274 g/mol. The second kappa shape index (κ2) is 7.41. The fourth-order valence-corrected chi connectivity index (χ4v) is 2.22. The van der Waals surface area contributed by atoms with Gasteiger partial charge in [-0.3, -0.25) is 0 Å². The van der Waals surface area contributed by atoms with Crippen molar-refractivity contribution >= 4 is 5.52 Å². The van der Waals surface area contributed by atoms with E-state index < -0.39 is 0 Å². The maximum Gasteiger partial charge on any atom is 0.0706 e. The summed E-state index contributed by atoms with van der Waals surface area (Å²) in [4.78, 5) is 2.39. The van der Waals surface area contributed by atoms with Crippen molar-refractivity contribution in [1.29, 1.82) is 0 Å². The lowest BCUT2D eigenvalue weighted by atomic mass is 10.2. The number of hydrogen-bond acceptors (Lipinski definition) is 3. The summed E-state index contributed by atoms with van der Waals surface area (Å²) < 4.78 is 1.93. The van der Waals surface area contributed by atoms with Gasteiger partial charge in [-0.25, -0.2) is 4.52 Å². The van der Waals surface area contributed by atoms with Crippen molar-refractivity contribution in [2.24, 2.45) is 0 Å². The van der Waals surface area contributed by atoms with Gasteiger partial charge < -0.3 is 10.2 Å². The first-order chi connectivity index (χ1) is 9.68. The number of unbranched alkanes of at least 4 members (excludes halogenated alkanes) is 1. The molecule has 0 unspecified atom stereocenters. The molecule has 0 radical (unpaired) electrons. The minimum absolute atomic E-state index is 0.641. The zero-order valence-corrected chi connectivity index (χ0v) is 12.8. The smallest absolute Gasteiger partial charge is 0.0706 e. The summed E-state index contributed by atoms with van der Waals surface area (Å²) in [6.45, 7) is 7.62. The number of hydrogen-bond donors (Lipinski definition) is 1. The second-order valence-corrected chi connectivity index (χ2v) is 5.66. The van der Waals surface area contributed by atoms with E-state index in [9.17, 15) is 0 Å². The molecule has 1 N–H and O–H groups in total. The minimum Gasteiger partial charge on any atom is -0.313 e. The molecule has 4 nitrogen and oxygen atoms in total. The molecule has 4 heteroatoms. The van der Waals surface area contributed by atoms with E-state index in [0.29, 0.717) is 6.04 Å². The first-order valence-electron chi connectivity index (χ1n) is 7.50. The van der Waals surface area contributed by atoms with Crippen molar-refractivity contribution in [3.63, 3.8) is 0 Å².